The molecule has 0 bridgehead atoms. The second-order valence-electron chi connectivity index (χ2n) is 4.93. The lowest BCUT2D eigenvalue weighted by Gasteiger charge is -2.15. The summed E-state index contributed by atoms with van der Waals surface area (Å²) in [6, 6.07) is 4.64. The second-order valence-corrected chi connectivity index (χ2v) is 5.84. The molecule has 2 rings (SSSR count). The van der Waals surface area contributed by atoms with Crippen molar-refractivity contribution < 1.29 is 22.4 Å². The van der Waals surface area contributed by atoms with Gasteiger partial charge in [0.25, 0.3) is 5.91 Å². The highest BCUT2D eigenvalue weighted by Crippen LogP contribution is 2.33. The molecule has 0 saturated carbocycles. The van der Waals surface area contributed by atoms with Crippen molar-refractivity contribution in [3.05, 3.63) is 51.9 Å². The highest BCUT2D eigenvalue weighted by Gasteiger charge is 2.33. The zero-order valence-corrected chi connectivity index (χ0v) is 14.2. The normalized spacial score (nSPS) is 11.2. The zero-order valence-electron chi connectivity index (χ0n) is 12.6. The van der Waals surface area contributed by atoms with Crippen molar-refractivity contribution in [3.8, 4) is 0 Å². The maximum atomic E-state index is 13.8. The SMILES string of the molecule is NC(=O)c1c(F)cc(Br)cc1NCCNc1ncccc1C(F)(F)F. The van der Waals surface area contributed by atoms with Gasteiger partial charge in [-0.1, -0.05) is 15.9 Å². The van der Waals surface area contributed by atoms with Crippen LogP contribution in [0.3, 0.4) is 0 Å². The van der Waals surface area contributed by atoms with E-state index in [9.17, 15) is 22.4 Å². The first-order valence-electron chi connectivity index (χ1n) is 6.99. The van der Waals surface area contributed by atoms with Crippen LogP contribution in [0.5, 0.6) is 0 Å². The highest BCUT2D eigenvalue weighted by atomic mass is 79.9. The Kier molecular flexibility index (Phi) is 5.83. The summed E-state index contributed by atoms with van der Waals surface area (Å²) in [5, 5.41) is 5.32. The summed E-state index contributed by atoms with van der Waals surface area (Å²) in [4.78, 5) is 15.0. The zero-order chi connectivity index (χ0) is 18.6. The van der Waals surface area contributed by atoms with Crippen LogP contribution < -0.4 is 16.4 Å². The highest BCUT2D eigenvalue weighted by molar-refractivity contribution is 9.10. The number of carbonyl (C=O) groups excluding carboxylic acids is 1. The van der Waals surface area contributed by atoms with Gasteiger partial charge in [-0.3, -0.25) is 4.79 Å². The summed E-state index contributed by atoms with van der Waals surface area (Å²) < 4.78 is 52.8. The lowest BCUT2D eigenvalue weighted by molar-refractivity contribution is -0.137. The number of nitrogens with one attached hydrogen (secondary N) is 2. The maximum Gasteiger partial charge on any atom is 0.419 e. The van der Waals surface area contributed by atoms with Crippen LogP contribution in [-0.2, 0) is 6.18 Å². The van der Waals surface area contributed by atoms with E-state index in [1.165, 1.54) is 18.3 Å². The largest absolute Gasteiger partial charge is 0.419 e. The number of primary amides is 1. The van der Waals surface area contributed by atoms with E-state index < -0.39 is 23.5 Å². The Morgan fingerprint density at radius 3 is 2.56 bits per heavy atom. The standard InChI is InChI=1S/C15H13BrF4N4O/c16-8-6-10(17)12(13(21)25)11(7-8)22-4-5-24-14-9(15(18,19)20)2-1-3-23-14/h1-3,6-7,22H,4-5H2,(H2,21,25)(H,23,24). The molecule has 25 heavy (non-hydrogen) atoms. The Labute approximate surface area is 148 Å². The number of halogens is 5. The molecule has 1 aromatic heterocycles. The molecule has 0 saturated heterocycles. The molecule has 4 N–H and O–H groups in total. The first-order valence-corrected chi connectivity index (χ1v) is 7.78. The van der Waals surface area contributed by atoms with E-state index in [2.05, 4.69) is 31.5 Å². The number of alkyl halides is 3. The Morgan fingerprint density at radius 1 is 1.24 bits per heavy atom. The van der Waals surface area contributed by atoms with Crippen molar-refractivity contribution in [1.29, 1.82) is 0 Å². The molecule has 1 heterocycles. The van der Waals surface area contributed by atoms with Crippen LogP contribution in [-0.4, -0.2) is 24.0 Å². The number of hydrogen-bond donors (Lipinski definition) is 3. The number of pyridine rings is 1. The van der Waals surface area contributed by atoms with Crippen LogP contribution in [0.15, 0.2) is 34.9 Å². The number of hydrogen-bond acceptors (Lipinski definition) is 4. The number of nitrogens with zero attached hydrogens (tertiary/aromatic N) is 1. The van der Waals surface area contributed by atoms with E-state index in [1.807, 2.05) is 0 Å². The van der Waals surface area contributed by atoms with Crippen molar-refractivity contribution >= 4 is 33.3 Å². The van der Waals surface area contributed by atoms with Crippen LogP contribution >= 0.6 is 15.9 Å². The third kappa shape index (κ3) is 4.81. The van der Waals surface area contributed by atoms with E-state index in [1.54, 1.807) is 0 Å². The summed E-state index contributed by atoms with van der Waals surface area (Å²) in [7, 11) is 0. The molecule has 2 aromatic rings. The molecule has 134 valence electrons. The third-order valence-corrected chi connectivity index (χ3v) is 3.61. The van der Waals surface area contributed by atoms with Crippen LogP contribution in [0.1, 0.15) is 15.9 Å². The predicted octanol–water partition coefficient (Wildman–Crippen LogP) is 3.62. The average Bonchev–Trinajstić information content (AvgIpc) is 2.50. The molecular weight excluding hydrogens is 408 g/mol. The number of nitrogens with two attached hydrogens (primary N) is 1. The van der Waals surface area contributed by atoms with Gasteiger partial charge in [-0.2, -0.15) is 13.2 Å². The van der Waals surface area contributed by atoms with E-state index in [-0.39, 0.29) is 30.2 Å². The maximum absolute atomic E-state index is 13.8. The monoisotopic (exact) mass is 420 g/mol. The van der Waals surface area contributed by atoms with Crippen molar-refractivity contribution in [2.45, 2.75) is 6.18 Å². The minimum absolute atomic E-state index is 0.0480. The Hall–Kier alpha value is -2.36. The van der Waals surface area contributed by atoms with E-state index in [0.29, 0.717) is 4.47 Å². The third-order valence-electron chi connectivity index (χ3n) is 3.15. The molecule has 0 aliphatic rings. The molecule has 10 heteroatoms. The van der Waals surface area contributed by atoms with Crippen molar-refractivity contribution in [2.75, 3.05) is 23.7 Å². The Bertz CT molecular complexity index is 783. The molecule has 0 spiro atoms. The number of amides is 1. The molecule has 0 aliphatic heterocycles. The summed E-state index contributed by atoms with van der Waals surface area (Å²) in [6.45, 7) is 0.149. The van der Waals surface area contributed by atoms with Crippen LogP contribution in [0, 0.1) is 5.82 Å². The fourth-order valence-corrected chi connectivity index (χ4v) is 2.55. The number of benzene rings is 1. The summed E-state index contributed by atoms with van der Waals surface area (Å²) in [5.74, 6) is -2.07. The minimum atomic E-state index is -4.53. The van der Waals surface area contributed by atoms with Gasteiger partial charge in [0.15, 0.2) is 0 Å². The van der Waals surface area contributed by atoms with Gasteiger partial charge in [0.05, 0.1) is 16.8 Å². The molecular formula is C15H13BrF4N4O. The van der Waals surface area contributed by atoms with Crippen molar-refractivity contribution in [2.24, 2.45) is 5.73 Å². The molecule has 5 nitrogen and oxygen atoms in total. The lowest BCUT2D eigenvalue weighted by Crippen LogP contribution is -2.21. The number of rotatable bonds is 6. The fraction of sp³-hybridized carbons (Fsp3) is 0.200. The Balaban J connectivity index is 2.05. The fourth-order valence-electron chi connectivity index (χ4n) is 2.12. The van der Waals surface area contributed by atoms with Crippen molar-refractivity contribution in [3.63, 3.8) is 0 Å². The van der Waals surface area contributed by atoms with Gasteiger partial charge < -0.3 is 16.4 Å². The average molecular weight is 421 g/mol. The molecule has 0 fully saturated rings. The van der Waals surface area contributed by atoms with Gasteiger partial charge in [-0.25, -0.2) is 9.37 Å². The van der Waals surface area contributed by atoms with E-state index in [4.69, 9.17) is 5.73 Å². The van der Waals surface area contributed by atoms with Crippen molar-refractivity contribution in [1.82, 2.24) is 4.98 Å². The van der Waals surface area contributed by atoms with Gasteiger partial charge in [-0.05, 0) is 24.3 Å². The minimum Gasteiger partial charge on any atom is -0.383 e. The predicted molar refractivity (Wildman–Crippen MR) is 88.8 cm³/mol. The Morgan fingerprint density at radius 2 is 1.92 bits per heavy atom. The molecule has 0 unspecified atom stereocenters. The molecule has 1 amide bonds. The number of anilines is 2. The summed E-state index contributed by atoms with van der Waals surface area (Å²) in [5.41, 5.74) is 4.07. The lowest BCUT2D eigenvalue weighted by atomic mass is 10.1. The summed E-state index contributed by atoms with van der Waals surface area (Å²) in [6.07, 6.45) is -3.30. The summed E-state index contributed by atoms with van der Waals surface area (Å²) >= 11 is 3.09. The second kappa shape index (κ2) is 7.68. The number of carbonyl (C=O) groups is 1. The first-order chi connectivity index (χ1) is 11.7. The van der Waals surface area contributed by atoms with Crippen LogP contribution in [0.4, 0.5) is 29.1 Å². The molecule has 1 aromatic carbocycles. The molecule has 0 radical (unpaired) electrons. The van der Waals surface area contributed by atoms with Gasteiger partial charge >= 0.3 is 6.18 Å². The van der Waals surface area contributed by atoms with Gasteiger partial charge in [0.1, 0.15) is 11.6 Å². The van der Waals surface area contributed by atoms with Gasteiger partial charge in [-0.15, -0.1) is 0 Å². The first kappa shape index (κ1) is 19.0. The van der Waals surface area contributed by atoms with Crippen LogP contribution in [0.2, 0.25) is 0 Å². The molecule has 0 atom stereocenters. The molecule has 0 aliphatic carbocycles. The van der Waals surface area contributed by atoms with E-state index >= 15 is 0 Å². The topological polar surface area (TPSA) is 80.0 Å². The quantitative estimate of drug-likeness (QED) is 0.492. The smallest absolute Gasteiger partial charge is 0.383 e. The van der Waals surface area contributed by atoms with E-state index in [0.717, 1.165) is 12.1 Å². The van der Waals surface area contributed by atoms with Gasteiger partial charge in [0, 0.05) is 23.8 Å². The van der Waals surface area contributed by atoms with Crippen LogP contribution in [0.25, 0.3) is 0 Å². The van der Waals surface area contributed by atoms with Gasteiger partial charge in [0.2, 0.25) is 0 Å². The number of aromatic nitrogens is 1.